The van der Waals surface area contributed by atoms with E-state index in [2.05, 4.69) is 12.0 Å². The fourth-order valence-corrected chi connectivity index (χ4v) is 2.00. The Morgan fingerprint density at radius 1 is 1.04 bits per heavy atom. The first-order valence-electron chi connectivity index (χ1n) is 6.74. The summed E-state index contributed by atoms with van der Waals surface area (Å²) in [4.78, 5) is 48.1. The number of imide groups is 2. The summed E-state index contributed by atoms with van der Waals surface area (Å²) in [6.07, 6.45) is 2.35. The number of hydrazine groups is 1. The number of hydrogen-bond acceptors (Lipinski definition) is 5. The van der Waals surface area contributed by atoms with E-state index in [-0.39, 0.29) is 5.56 Å². The first-order valence-corrected chi connectivity index (χ1v) is 6.74. The van der Waals surface area contributed by atoms with E-state index in [0.717, 1.165) is 9.91 Å². The predicted octanol–water partition coefficient (Wildman–Crippen LogP) is 1.14. The van der Waals surface area contributed by atoms with Crippen molar-refractivity contribution in [3.63, 3.8) is 0 Å². The maximum Gasteiger partial charge on any atom is 0.279 e. The van der Waals surface area contributed by atoms with Crippen molar-refractivity contribution < 1.29 is 19.2 Å². The molecule has 0 saturated heterocycles. The van der Waals surface area contributed by atoms with Gasteiger partial charge in [0.2, 0.25) is 5.91 Å². The summed E-state index contributed by atoms with van der Waals surface area (Å²) in [6, 6.07) is 5.81. The summed E-state index contributed by atoms with van der Waals surface area (Å²) in [7, 11) is 0. The van der Waals surface area contributed by atoms with Crippen molar-refractivity contribution in [3.05, 3.63) is 54.3 Å². The van der Waals surface area contributed by atoms with Crippen molar-refractivity contribution in [2.75, 3.05) is 4.90 Å². The molecule has 0 unspecified atom stereocenters. The van der Waals surface area contributed by atoms with Crippen LogP contribution in [0.3, 0.4) is 0 Å². The lowest BCUT2D eigenvalue weighted by Gasteiger charge is -2.21. The maximum atomic E-state index is 12.3. The Kier molecular flexibility index (Phi) is 4.40. The van der Waals surface area contributed by atoms with E-state index >= 15 is 0 Å². The predicted molar refractivity (Wildman–Crippen MR) is 82.9 cm³/mol. The first kappa shape index (κ1) is 16.2. The van der Waals surface area contributed by atoms with Crippen LogP contribution in [0.4, 0.5) is 5.69 Å². The van der Waals surface area contributed by atoms with Crippen LogP contribution in [0.2, 0.25) is 0 Å². The fourth-order valence-electron chi connectivity index (χ4n) is 2.00. The van der Waals surface area contributed by atoms with E-state index < -0.39 is 23.6 Å². The molecular formula is C16H15N3O4. The molecule has 1 aliphatic rings. The highest BCUT2D eigenvalue weighted by molar-refractivity contribution is 6.28. The van der Waals surface area contributed by atoms with Crippen molar-refractivity contribution >= 4 is 29.3 Å². The van der Waals surface area contributed by atoms with Gasteiger partial charge in [-0.15, -0.1) is 0 Å². The van der Waals surface area contributed by atoms with Gasteiger partial charge in [-0.1, -0.05) is 6.58 Å². The van der Waals surface area contributed by atoms with Crippen LogP contribution in [0.25, 0.3) is 0 Å². The van der Waals surface area contributed by atoms with Gasteiger partial charge < -0.3 is 0 Å². The van der Waals surface area contributed by atoms with E-state index in [9.17, 15) is 19.2 Å². The second-order valence-electron chi connectivity index (χ2n) is 4.94. The Balaban J connectivity index is 2.23. The van der Waals surface area contributed by atoms with Crippen LogP contribution in [0.15, 0.2) is 48.7 Å². The molecule has 0 fully saturated rings. The zero-order valence-corrected chi connectivity index (χ0v) is 12.7. The molecule has 2 rings (SSSR count). The average molecular weight is 313 g/mol. The summed E-state index contributed by atoms with van der Waals surface area (Å²) < 4.78 is 0. The zero-order chi connectivity index (χ0) is 17.1. The van der Waals surface area contributed by atoms with Crippen LogP contribution in [0.5, 0.6) is 0 Å². The van der Waals surface area contributed by atoms with Crippen LogP contribution in [0, 0.1) is 0 Å². The SMILES string of the molecule is C=C(C)NN(C(C)=O)C(=O)c1ccc(N2C(=O)C=CC2=O)cc1. The highest BCUT2D eigenvalue weighted by atomic mass is 16.2. The minimum atomic E-state index is -0.566. The van der Waals surface area contributed by atoms with E-state index in [1.54, 1.807) is 6.92 Å². The molecular weight excluding hydrogens is 298 g/mol. The number of amides is 4. The molecule has 1 aliphatic heterocycles. The van der Waals surface area contributed by atoms with Gasteiger partial charge in [0.15, 0.2) is 0 Å². The number of nitrogens with one attached hydrogen (secondary N) is 1. The van der Waals surface area contributed by atoms with Gasteiger partial charge in [0.05, 0.1) is 5.69 Å². The largest absolute Gasteiger partial charge is 0.294 e. The first-order chi connectivity index (χ1) is 10.8. The molecule has 23 heavy (non-hydrogen) atoms. The molecule has 0 bridgehead atoms. The van der Waals surface area contributed by atoms with Crippen LogP contribution < -0.4 is 10.3 Å². The third-order valence-electron chi connectivity index (χ3n) is 3.00. The zero-order valence-electron chi connectivity index (χ0n) is 12.7. The molecule has 7 heteroatoms. The third kappa shape index (κ3) is 3.34. The average Bonchev–Trinajstić information content (AvgIpc) is 2.83. The number of nitrogens with zero attached hydrogens (tertiary/aromatic N) is 2. The minimum absolute atomic E-state index is 0.227. The molecule has 1 aromatic carbocycles. The van der Waals surface area contributed by atoms with Crippen molar-refractivity contribution in [2.24, 2.45) is 0 Å². The van der Waals surface area contributed by atoms with Crippen molar-refractivity contribution in [1.29, 1.82) is 0 Å². The lowest BCUT2D eigenvalue weighted by atomic mass is 10.1. The quantitative estimate of drug-likeness (QED) is 0.665. The van der Waals surface area contributed by atoms with Crippen molar-refractivity contribution in [1.82, 2.24) is 10.4 Å². The Labute approximate surface area is 132 Å². The molecule has 7 nitrogen and oxygen atoms in total. The molecule has 0 aromatic heterocycles. The molecule has 0 aliphatic carbocycles. The van der Waals surface area contributed by atoms with Crippen LogP contribution >= 0.6 is 0 Å². The Morgan fingerprint density at radius 2 is 1.57 bits per heavy atom. The molecule has 1 N–H and O–H groups in total. The highest BCUT2D eigenvalue weighted by Crippen LogP contribution is 2.20. The van der Waals surface area contributed by atoms with Gasteiger partial charge in [0.25, 0.3) is 17.7 Å². The summed E-state index contributed by atoms with van der Waals surface area (Å²) in [6.45, 7) is 6.45. The smallest absolute Gasteiger partial charge is 0.279 e. The molecule has 4 amide bonds. The monoisotopic (exact) mass is 313 g/mol. The number of hydrogen-bond donors (Lipinski definition) is 1. The van der Waals surface area contributed by atoms with E-state index in [4.69, 9.17) is 0 Å². The normalized spacial score (nSPS) is 13.2. The van der Waals surface area contributed by atoms with E-state index in [1.165, 1.54) is 43.3 Å². The molecule has 0 atom stereocenters. The Bertz CT molecular complexity index is 716. The standard InChI is InChI=1S/C16H15N3O4/c1-10(2)17-19(11(3)20)16(23)12-4-6-13(7-5-12)18-14(21)8-9-15(18)22/h4-9,17H,1H2,2-3H3. The number of rotatable bonds is 4. The van der Waals surface area contributed by atoms with Crippen LogP contribution in [-0.4, -0.2) is 28.6 Å². The van der Waals surface area contributed by atoms with Gasteiger partial charge in [-0.25, -0.2) is 4.90 Å². The van der Waals surface area contributed by atoms with Gasteiger partial charge in [0.1, 0.15) is 0 Å². The summed E-state index contributed by atoms with van der Waals surface area (Å²) >= 11 is 0. The van der Waals surface area contributed by atoms with Gasteiger partial charge in [-0.05, 0) is 31.2 Å². The molecule has 0 spiro atoms. The number of benzene rings is 1. The molecule has 118 valence electrons. The fraction of sp³-hybridized carbons (Fsp3) is 0.125. The lowest BCUT2D eigenvalue weighted by molar-refractivity contribution is -0.128. The Morgan fingerprint density at radius 3 is 2.00 bits per heavy atom. The second-order valence-corrected chi connectivity index (χ2v) is 4.94. The molecule has 0 saturated carbocycles. The highest BCUT2D eigenvalue weighted by Gasteiger charge is 2.26. The van der Waals surface area contributed by atoms with Crippen molar-refractivity contribution in [3.8, 4) is 0 Å². The lowest BCUT2D eigenvalue weighted by Crippen LogP contribution is -2.44. The summed E-state index contributed by atoms with van der Waals surface area (Å²) in [5.74, 6) is -1.94. The summed E-state index contributed by atoms with van der Waals surface area (Å²) in [5.41, 5.74) is 3.58. The molecule has 0 radical (unpaired) electrons. The van der Waals surface area contributed by atoms with E-state index in [0.29, 0.717) is 11.4 Å². The van der Waals surface area contributed by atoms with Crippen LogP contribution in [0.1, 0.15) is 24.2 Å². The minimum Gasteiger partial charge on any atom is -0.294 e. The number of carbonyl (C=O) groups excluding carboxylic acids is 4. The van der Waals surface area contributed by atoms with Gasteiger partial charge in [-0.3, -0.25) is 24.6 Å². The number of allylic oxidation sites excluding steroid dienone is 1. The Hall–Kier alpha value is -3.22. The second kappa shape index (κ2) is 6.27. The number of carbonyl (C=O) groups is 4. The summed E-state index contributed by atoms with van der Waals surface area (Å²) in [5, 5.41) is 0.838. The topological polar surface area (TPSA) is 86.8 Å². The third-order valence-corrected chi connectivity index (χ3v) is 3.00. The van der Waals surface area contributed by atoms with Crippen molar-refractivity contribution in [2.45, 2.75) is 13.8 Å². The molecule has 1 heterocycles. The maximum absolute atomic E-state index is 12.3. The van der Waals surface area contributed by atoms with Gasteiger partial charge in [0, 0.05) is 30.3 Å². The number of anilines is 1. The van der Waals surface area contributed by atoms with Crippen LogP contribution in [-0.2, 0) is 14.4 Å². The van der Waals surface area contributed by atoms with E-state index in [1.807, 2.05) is 0 Å². The van der Waals surface area contributed by atoms with Gasteiger partial charge in [-0.2, -0.15) is 5.01 Å². The van der Waals surface area contributed by atoms with Gasteiger partial charge >= 0.3 is 0 Å². The molecule has 1 aromatic rings.